The number of benzene rings is 2. The lowest BCUT2D eigenvalue weighted by atomic mass is 10.1. The molecule has 1 aliphatic heterocycles. The van der Waals surface area contributed by atoms with Crippen molar-refractivity contribution in [2.24, 2.45) is 0 Å². The number of likely N-dealkylation sites (N-methyl/N-ethyl adjacent to an activating group) is 1. The number of piperazine rings is 1. The van der Waals surface area contributed by atoms with Gasteiger partial charge < -0.3 is 20.4 Å². The molecule has 0 radical (unpaired) electrons. The second kappa shape index (κ2) is 10.7. The van der Waals surface area contributed by atoms with E-state index in [4.69, 9.17) is 0 Å². The van der Waals surface area contributed by atoms with Crippen LogP contribution in [0.25, 0.3) is 0 Å². The summed E-state index contributed by atoms with van der Waals surface area (Å²) in [6, 6.07) is 14.2. The van der Waals surface area contributed by atoms with Crippen LogP contribution in [0.2, 0.25) is 0 Å². The summed E-state index contributed by atoms with van der Waals surface area (Å²) in [6.45, 7) is 6.20. The van der Waals surface area contributed by atoms with E-state index in [2.05, 4.69) is 27.5 Å². The van der Waals surface area contributed by atoms with E-state index in [0.29, 0.717) is 24.3 Å². The zero-order valence-corrected chi connectivity index (χ0v) is 17.3. The number of nitro benzene ring substituents is 1. The summed E-state index contributed by atoms with van der Waals surface area (Å²) in [4.78, 5) is 28.2. The Morgan fingerprint density at radius 1 is 1.10 bits per heavy atom. The molecule has 3 rings (SSSR count). The van der Waals surface area contributed by atoms with E-state index in [9.17, 15) is 14.9 Å². The topological polar surface area (TPSA) is 90.8 Å². The predicted molar refractivity (Wildman–Crippen MR) is 118 cm³/mol. The molecule has 30 heavy (non-hydrogen) atoms. The molecule has 2 aromatic carbocycles. The van der Waals surface area contributed by atoms with Crippen LogP contribution in [0.15, 0.2) is 48.5 Å². The van der Waals surface area contributed by atoms with E-state index < -0.39 is 4.92 Å². The Labute approximate surface area is 177 Å². The molecule has 2 aromatic rings. The first-order chi connectivity index (χ1) is 14.5. The fourth-order valence-electron chi connectivity index (χ4n) is 3.44. The average Bonchev–Trinajstić information content (AvgIpc) is 2.77. The summed E-state index contributed by atoms with van der Waals surface area (Å²) < 4.78 is 0. The molecule has 160 valence electrons. The highest BCUT2D eigenvalue weighted by atomic mass is 16.6. The molecule has 1 saturated heterocycles. The number of amides is 1. The molecule has 0 saturated carbocycles. The Balaban J connectivity index is 1.51. The summed E-state index contributed by atoms with van der Waals surface area (Å²) in [5.74, 6) is -0.286. The summed E-state index contributed by atoms with van der Waals surface area (Å²) in [5, 5.41) is 17.4. The van der Waals surface area contributed by atoms with Gasteiger partial charge in [0.1, 0.15) is 5.69 Å². The monoisotopic (exact) mass is 411 g/mol. The quantitative estimate of drug-likeness (QED) is 0.374. The van der Waals surface area contributed by atoms with Gasteiger partial charge in [-0.3, -0.25) is 14.9 Å². The third kappa shape index (κ3) is 6.27. The summed E-state index contributed by atoms with van der Waals surface area (Å²) in [5.41, 5.74) is 1.62. The van der Waals surface area contributed by atoms with Gasteiger partial charge in [0.25, 0.3) is 11.6 Å². The van der Waals surface area contributed by atoms with E-state index in [1.54, 1.807) is 12.1 Å². The van der Waals surface area contributed by atoms with E-state index in [1.165, 1.54) is 6.07 Å². The highest BCUT2D eigenvalue weighted by molar-refractivity contribution is 5.95. The maximum atomic E-state index is 12.4. The molecular formula is C22H29N5O3. The first kappa shape index (κ1) is 21.7. The SMILES string of the molecule is CN1CCN(CCCNC(=O)c2ccc(NCc3ccccc3)c([N+](=O)[O-])c2)CC1. The Bertz CT molecular complexity index is 851. The van der Waals surface area contributed by atoms with Crippen LogP contribution in [0, 0.1) is 10.1 Å². The molecule has 1 fully saturated rings. The molecule has 0 aromatic heterocycles. The summed E-state index contributed by atoms with van der Waals surface area (Å²) in [7, 11) is 2.12. The number of hydrogen-bond donors (Lipinski definition) is 2. The van der Waals surface area contributed by atoms with Gasteiger partial charge in [-0.15, -0.1) is 0 Å². The predicted octanol–water partition coefficient (Wildman–Crippen LogP) is 2.57. The standard InChI is InChI=1S/C22H29N5O3/c1-25-12-14-26(15-13-25)11-5-10-23-22(28)19-8-9-20(21(16-19)27(29)30)24-17-18-6-3-2-4-7-18/h2-4,6-9,16,24H,5,10-15,17H2,1H3,(H,23,28). The first-order valence-electron chi connectivity index (χ1n) is 10.3. The summed E-state index contributed by atoms with van der Waals surface area (Å²) >= 11 is 0. The molecule has 1 heterocycles. The molecule has 0 unspecified atom stereocenters. The maximum absolute atomic E-state index is 12.4. The highest BCUT2D eigenvalue weighted by Crippen LogP contribution is 2.26. The second-order valence-electron chi connectivity index (χ2n) is 7.58. The van der Waals surface area contributed by atoms with Crippen LogP contribution in [-0.2, 0) is 6.54 Å². The number of carbonyl (C=O) groups is 1. The smallest absolute Gasteiger partial charge is 0.293 e. The number of hydrogen-bond acceptors (Lipinski definition) is 6. The number of nitro groups is 1. The van der Waals surface area contributed by atoms with Gasteiger partial charge in [-0.1, -0.05) is 30.3 Å². The number of nitrogens with one attached hydrogen (secondary N) is 2. The number of carbonyl (C=O) groups excluding carboxylic acids is 1. The minimum absolute atomic E-state index is 0.101. The largest absolute Gasteiger partial charge is 0.375 e. The zero-order valence-electron chi connectivity index (χ0n) is 17.3. The van der Waals surface area contributed by atoms with Crippen LogP contribution in [0.4, 0.5) is 11.4 Å². The van der Waals surface area contributed by atoms with E-state index in [0.717, 1.165) is 44.7 Å². The summed E-state index contributed by atoms with van der Waals surface area (Å²) in [6.07, 6.45) is 0.855. The lowest BCUT2D eigenvalue weighted by Crippen LogP contribution is -2.45. The van der Waals surface area contributed by atoms with Gasteiger partial charge >= 0.3 is 0 Å². The van der Waals surface area contributed by atoms with Crippen molar-refractivity contribution in [3.05, 3.63) is 69.8 Å². The van der Waals surface area contributed by atoms with Crippen molar-refractivity contribution in [1.29, 1.82) is 0 Å². The molecule has 2 N–H and O–H groups in total. The molecule has 8 nitrogen and oxygen atoms in total. The lowest BCUT2D eigenvalue weighted by Gasteiger charge is -2.32. The van der Waals surface area contributed by atoms with Gasteiger partial charge in [-0.05, 0) is 37.7 Å². The third-order valence-electron chi connectivity index (χ3n) is 5.31. The first-order valence-corrected chi connectivity index (χ1v) is 10.3. The Morgan fingerprint density at radius 3 is 2.53 bits per heavy atom. The fourth-order valence-corrected chi connectivity index (χ4v) is 3.44. The normalized spacial score (nSPS) is 15.0. The Hall–Kier alpha value is -2.97. The minimum atomic E-state index is -0.461. The molecular weight excluding hydrogens is 382 g/mol. The van der Waals surface area contributed by atoms with E-state index in [-0.39, 0.29) is 11.6 Å². The molecule has 0 atom stereocenters. The average molecular weight is 412 g/mol. The van der Waals surface area contributed by atoms with E-state index >= 15 is 0 Å². The Morgan fingerprint density at radius 2 is 1.83 bits per heavy atom. The van der Waals surface area contributed by atoms with Crippen molar-refractivity contribution < 1.29 is 9.72 Å². The second-order valence-corrected chi connectivity index (χ2v) is 7.58. The van der Waals surface area contributed by atoms with Gasteiger partial charge in [0.2, 0.25) is 0 Å². The lowest BCUT2D eigenvalue weighted by molar-refractivity contribution is -0.384. The molecule has 1 amide bonds. The molecule has 8 heteroatoms. The van der Waals surface area contributed by atoms with Crippen molar-refractivity contribution in [1.82, 2.24) is 15.1 Å². The van der Waals surface area contributed by atoms with Crippen molar-refractivity contribution in [2.45, 2.75) is 13.0 Å². The van der Waals surface area contributed by atoms with Crippen LogP contribution in [-0.4, -0.2) is 66.9 Å². The third-order valence-corrected chi connectivity index (χ3v) is 5.31. The fraction of sp³-hybridized carbons (Fsp3) is 0.409. The van der Waals surface area contributed by atoms with Crippen LogP contribution in [0.5, 0.6) is 0 Å². The number of nitrogens with zero attached hydrogens (tertiary/aromatic N) is 3. The van der Waals surface area contributed by atoms with Crippen molar-refractivity contribution in [2.75, 3.05) is 51.6 Å². The zero-order chi connectivity index (χ0) is 21.3. The Kier molecular flexibility index (Phi) is 7.75. The van der Waals surface area contributed by atoms with Crippen molar-refractivity contribution in [3.8, 4) is 0 Å². The van der Waals surface area contributed by atoms with Crippen molar-refractivity contribution in [3.63, 3.8) is 0 Å². The van der Waals surface area contributed by atoms with Gasteiger partial charge in [-0.25, -0.2) is 0 Å². The number of anilines is 1. The van der Waals surface area contributed by atoms with Crippen LogP contribution in [0.1, 0.15) is 22.3 Å². The van der Waals surface area contributed by atoms with Gasteiger partial charge in [0.15, 0.2) is 0 Å². The molecule has 0 bridgehead atoms. The van der Waals surface area contributed by atoms with Gasteiger partial charge in [-0.2, -0.15) is 0 Å². The minimum Gasteiger partial charge on any atom is -0.375 e. The van der Waals surface area contributed by atoms with Crippen LogP contribution >= 0.6 is 0 Å². The highest BCUT2D eigenvalue weighted by Gasteiger charge is 2.18. The van der Waals surface area contributed by atoms with Gasteiger partial charge in [0.05, 0.1) is 4.92 Å². The number of rotatable bonds is 9. The molecule has 0 spiro atoms. The van der Waals surface area contributed by atoms with Crippen molar-refractivity contribution >= 4 is 17.3 Å². The maximum Gasteiger partial charge on any atom is 0.293 e. The van der Waals surface area contributed by atoms with E-state index in [1.807, 2.05) is 30.3 Å². The van der Waals surface area contributed by atoms with Crippen LogP contribution < -0.4 is 10.6 Å². The molecule has 0 aliphatic carbocycles. The molecule has 1 aliphatic rings. The van der Waals surface area contributed by atoms with Gasteiger partial charge in [0, 0.05) is 50.9 Å². The van der Waals surface area contributed by atoms with Crippen LogP contribution in [0.3, 0.4) is 0 Å².